The first-order valence-electron chi connectivity index (χ1n) is 7.75. The topological polar surface area (TPSA) is 6.48 Å². The molecule has 22 heavy (non-hydrogen) atoms. The predicted octanol–water partition coefficient (Wildman–Crippen LogP) is 5.50. The van der Waals surface area contributed by atoms with E-state index in [0.29, 0.717) is 17.0 Å². The van der Waals surface area contributed by atoms with Crippen molar-refractivity contribution in [3.8, 4) is 0 Å². The van der Waals surface area contributed by atoms with E-state index in [9.17, 15) is 0 Å². The third-order valence-corrected chi connectivity index (χ3v) is 5.02. The smallest absolute Gasteiger partial charge is 0.146 e. The van der Waals surface area contributed by atoms with Gasteiger partial charge in [0.1, 0.15) is 10.3 Å². The Morgan fingerprint density at radius 3 is 2.50 bits per heavy atom. The lowest BCUT2D eigenvalue weighted by molar-refractivity contribution is 0.396. The summed E-state index contributed by atoms with van der Waals surface area (Å²) in [5.41, 5.74) is 2.47. The number of hydrogen-bond acceptors (Lipinski definition) is 2. The van der Waals surface area contributed by atoms with Gasteiger partial charge >= 0.3 is 0 Å². The molecule has 0 bridgehead atoms. The van der Waals surface area contributed by atoms with E-state index in [0.717, 1.165) is 19.4 Å². The van der Waals surface area contributed by atoms with Crippen LogP contribution in [-0.4, -0.2) is 18.1 Å². The van der Waals surface area contributed by atoms with Crippen LogP contribution >= 0.6 is 23.2 Å². The van der Waals surface area contributed by atoms with E-state index in [4.69, 9.17) is 23.2 Å². The van der Waals surface area contributed by atoms with Crippen LogP contribution in [0.2, 0.25) is 0 Å². The maximum atomic E-state index is 6.55. The average Bonchev–Trinajstić information content (AvgIpc) is 2.82. The van der Waals surface area contributed by atoms with Crippen LogP contribution in [0, 0.1) is 0 Å². The summed E-state index contributed by atoms with van der Waals surface area (Å²) in [4.78, 5) is 4.27. The van der Waals surface area contributed by atoms with E-state index in [-0.39, 0.29) is 0 Å². The van der Waals surface area contributed by atoms with E-state index in [1.54, 1.807) is 0 Å². The van der Waals surface area contributed by atoms with Gasteiger partial charge in [0.25, 0.3) is 0 Å². The maximum Gasteiger partial charge on any atom is 0.146 e. The lowest BCUT2D eigenvalue weighted by Crippen LogP contribution is -2.28. The third kappa shape index (κ3) is 2.55. The normalized spacial score (nSPS) is 15.3. The molecule has 1 heterocycles. The molecular formula is C18H20Cl2N2. The van der Waals surface area contributed by atoms with E-state index < -0.39 is 0 Å². The summed E-state index contributed by atoms with van der Waals surface area (Å²) in [6, 6.07) is 12.8. The Morgan fingerprint density at radius 1 is 1.00 bits per heavy atom. The van der Waals surface area contributed by atoms with E-state index in [1.165, 1.54) is 22.0 Å². The average molecular weight is 335 g/mol. The van der Waals surface area contributed by atoms with Gasteiger partial charge in [-0.2, -0.15) is 0 Å². The minimum atomic E-state index is 0.626. The predicted molar refractivity (Wildman–Crippen MR) is 96.4 cm³/mol. The number of nitrogens with zero attached hydrogens (tertiary/aromatic N) is 2. The number of anilines is 1. The molecule has 0 atom stereocenters. The molecule has 0 aliphatic carbocycles. The first-order chi connectivity index (χ1) is 10.7. The molecule has 0 spiro atoms. The first-order valence-corrected chi connectivity index (χ1v) is 8.51. The Morgan fingerprint density at radius 2 is 1.77 bits per heavy atom. The summed E-state index contributed by atoms with van der Waals surface area (Å²) < 4.78 is 0. The zero-order chi connectivity index (χ0) is 15.7. The largest absolute Gasteiger partial charge is 0.342 e. The second kappa shape index (κ2) is 6.39. The van der Waals surface area contributed by atoms with Gasteiger partial charge in [-0.05, 0) is 23.8 Å². The molecule has 1 aliphatic heterocycles. The quantitative estimate of drug-likeness (QED) is 0.681. The summed E-state index contributed by atoms with van der Waals surface area (Å²) in [7, 11) is 0. The van der Waals surface area contributed by atoms with Crippen molar-refractivity contribution in [2.75, 3.05) is 18.1 Å². The highest BCUT2D eigenvalue weighted by atomic mass is 35.5. The van der Waals surface area contributed by atoms with Gasteiger partial charge in [-0.25, -0.2) is 0 Å². The molecule has 2 nitrogen and oxygen atoms in total. The van der Waals surface area contributed by atoms with Gasteiger partial charge in [0.2, 0.25) is 0 Å². The minimum Gasteiger partial charge on any atom is -0.342 e. The number of rotatable bonds is 4. The highest BCUT2D eigenvalue weighted by Gasteiger charge is 2.29. The third-order valence-electron chi connectivity index (χ3n) is 4.13. The van der Waals surface area contributed by atoms with E-state index in [2.05, 4.69) is 60.0 Å². The number of fused-ring (bicyclic) bond motifs is 1. The van der Waals surface area contributed by atoms with Gasteiger partial charge in [-0.1, -0.05) is 73.4 Å². The van der Waals surface area contributed by atoms with Crippen molar-refractivity contribution in [2.45, 2.75) is 26.7 Å². The molecule has 3 rings (SSSR count). The molecular weight excluding hydrogens is 315 g/mol. The van der Waals surface area contributed by atoms with Crippen LogP contribution < -0.4 is 4.90 Å². The Hall–Kier alpha value is -1.38. The summed E-state index contributed by atoms with van der Waals surface area (Å²) in [5, 5.41) is 3.73. The van der Waals surface area contributed by atoms with Crippen molar-refractivity contribution in [1.82, 2.24) is 4.90 Å². The zero-order valence-electron chi connectivity index (χ0n) is 12.9. The molecule has 0 unspecified atom stereocenters. The van der Waals surface area contributed by atoms with Gasteiger partial charge in [0.05, 0.1) is 12.4 Å². The summed E-state index contributed by atoms with van der Waals surface area (Å²) >= 11 is 13.0. The standard InChI is InChI=1S/C18H20Cl2N2/c1-3-11-21-12-22(18(20)17(21)19)16-13(4-2)9-10-14-7-5-6-8-15(14)16/h5-10H,3-4,11-12H2,1-2H3. The van der Waals surface area contributed by atoms with E-state index >= 15 is 0 Å². The summed E-state index contributed by atoms with van der Waals surface area (Å²) in [6.45, 7) is 5.95. The van der Waals surface area contributed by atoms with Crippen LogP contribution in [0.5, 0.6) is 0 Å². The fourth-order valence-corrected chi connectivity index (χ4v) is 3.55. The highest BCUT2D eigenvalue weighted by Crippen LogP contribution is 2.39. The van der Waals surface area contributed by atoms with Gasteiger partial charge in [-0.15, -0.1) is 0 Å². The molecule has 116 valence electrons. The number of halogens is 2. The molecule has 4 heteroatoms. The summed E-state index contributed by atoms with van der Waals surface area (Å²) in [5.74, 6) is 0. The number of hydrogen-bond donors (Lipinski definition) is 0. The van der Waals surface area contributed by atoms with Crippen LogP contribution in [0.3, 0.4) is 0 Å². The zero-order valence-corrected chi connectivity index (χ0v) is 14.5. The van der Waals surface area contributed by atoms with Gasteiger partial charge in [-0.3, -0.25) is 0 Å². The second-order valence-electron chi connectivity index (χ2n) is 5.56. The Balaban J connectivity index is 2.14. The first kappa shape index (κ1) is 15.5. The Labute approximate surface area is 141 Å². The van der Waals surface area contributed by atoms with Crippen molar-refractivity contribution >= 4 is 39.7 Å². The second-order valence-corrected chi connectivity index (χ2v) is 6.28. The van der Waals surface area contributed by atoms with Crippen LogP contribution in [0.1, 0.15) is 25.8 Å². The SMILES string of the molecule is CCCN1CN(c2c(CC)ccc3ccccc23)C(Cl)=C1Cl. The molecule has 2 aromatic rings. The van der Waals surface area contributed by atoms with E-state index in [1.807, 2.05) is 0 Å². The molecule has 0 aromatic heterocycles. The molecule has 0 saturated heterocycles. The van der Waals surface area contributed by atoms with Crippen molar-refractivity contribution in [3.63, 3.8) is 0 Å². The molecule has 0 N–H and O–H groups in total. The Kier molecular flexibility index (Phi) is 4.51. The number of benzene rings is 2. The van der Waals surface area contributed by atoms with Crippen molar-refractivity contribution < 1.29 is 0 Å². The van der Waals surface area contributed by atoms with Crippen molar-refractivity contribution in [1.29, 1.82) is 0 Å². The van der Waals surface area contributed by atoms with Crippen molar-refractivity contribution in [2.24, 2.45) is 0 Å². The lowest BCUT2D eigenvalue weighted by Gasteiger charge is -2.25. The van der Waals surface area contributed by atoms with Gasteiger partial charge < -0.3 is 9.80 Å². The molecule has 0 saturated carbocycles. The van der Waals surface area contributed by atoms with Gasteiger partial charge in [0, 0.05) is 11.9 Å². The molecule has 2 aromatic carbocycles. The number of aryl methyl sites for hydroxylation is 1. The van der Waals surface area contributed by atoms with Crippen LogP contribution in [0.15, 0.2) is 46.7 Å². The molecule has 0 radical (unpaired) electrons. The molecule has 1 aliphatic rings. The monoisotopic (exact) mass is 334 g/mol. The van der Waals surface area contributed by atoms with Crippen LogP contribution in [0.25, 0.3) is 10.8 Å². The summed E-state index contributed by atoms with van der Waals surface area (Å²) in [6.07, 6.45) is 2.01. The maximum absolute atomic E-state index is 6.55. The lowest BCUT2D eigenvalue weighted by atomic mass is 10.0. The fourth-order valence-electron chi connectivity index (χ4n) is 3.05. The highest BCUT2D eigenvalue weighted by molar-refractivity contribution is 6.40. The molecule has 0 fully saturated rings. The Bertz CT molecular complexity index is 724. The fraction of sp³-hybridized carbons (Fsp3) is 0.333. The van der Waals surface area contributed by atoms with Gasteiger partial charge in [0.15, 0.2) is 0 Å². The minimum absolute atomic E-state index is 0.626. The van der Waals surface area contributed by atoms with Crippen molar-refractivity contribution in [3.05, 3.63) is 52.3 Å². The van der Waals surface area contributed by atoms with Crippen LogP contribution in [0.4, 0.5) is 5.69 Å². The van der Waals surface area contributed by atoms with Crippen LogP contribution in [-0.2, 0) is 6.42 Å². The molecule has 0 amide bonds.